The number of benzene rings is 1. The number of rotatable bonds is 3. The van der Waals surface area contributed by atoms with Crippen LogP contribution in [-0.4, -0.2) is 11.2 Å². The smallest absolute Gasteiger partial charge is 0.145 e. The van der Waals surface area contributed by atoms with Crippen LogP contribution in [0.15, 0.2) is 18.2 Å². The molecule has 1 aromatic rings. The van der Waals surface area contributed by atoms with Gasteiger partial charge in [0.25, 0.3) is 0 Å². The summed E-state index contributed by atoms with van der Waals surface area (Å²) in [6, 6.07) is 4.92. The summed E-state index contributed by atoms with van der Waals surface area (Å²) in [5.74, 6) is -0.118. The van der Waals surface area contributed by atoms with E-state index in [1.807, 2.05) is 0 Å². The zero-order valence-electron chi connectivity index (χ0n) is 9.50. The summed E-state index contributed by atoms with van der Waals surface area (Å²) in [4.78, 5) is 0. The fourth-order valence-corrected chi connectivity index (χ4v) is 2.43. The Morgan fingerprint density at radius 1 is 1.56 bits per heavy atom. The highest BCUT2D eigenvalue weighted by molar-refractivity contribution is 6.30. The van der Waals surface area contributed by atoms with Crippen LogP contribution in [0.25, 0.3) is 0 Å². The lowest BCUT2D eigenvalue weighted by Crippen LogP contribution is -2.17. The fraction of sp³-hybridized carbons (Fsp3) is 0.538. The summed E-state index contributed by atoms with van der Waals surface area (Å²) >= 11 is 5.69. The van der Waals surface area contributed by atoms with E-state index in [1.165, 1.54) is 6.07 Å². The third kappa shape index (κ3) is 2.23. The summed E-state index contributed by atoms with van der Waals surface area (Å²) < 4.78 is 13.6. The molecule has 2 atom stereocenters. The minimum Gasteiger partial charge on any atom is -0.392 e. The molecule has 0 amide bonds. The molecule has 0 radical (unpaired) electrons. The Hall–Kier alpha value is -0.600. The third-order valence-corrected chi connectivity index (χ3v) is 3.81. The number of hydrogen-bond donors (Lipinski definition) is 1. The molecule has 0 spiro atoms. The van der Waals surface area contributed by atoms with E-state index in [-0.39, 0.29) is 16.4 Å². The Morgan fingerprint density at radius 2 is 2.19 bits per heavy atom. The van der Waals surface area contributed by atoms with Gasteiger partial charge in [0.2, 0.25) is 0 Å². The zero-order chi connectivity index (χ0) is 11.9. The SMILES string of the molecule is CC1(C)CC1C(O)Cc1cccc(Cl)c1F. The van der Waals surface area contributed by atoms with Crippen molar-refractivity contribution in [2.75, 3.05) is 0 Å². The minimum atomic E-state index is -0.469. The largest absolute Gasteiger partial charge is 0.392 e. The van der Waals surface area contributed by atoms with Gasteiger partial charge in [-0.3, -0.25) is 0 Å². The summed E-state index contributed by atoms with van der Waals surface area (Å²) in [6.45, 7) is 4.24. The number of hydrogen-bond acceptors (Lipinski definition) is 1. The normalized spacial score (nSPS) is 24.2. The van der Waals surface area contributed by atoms with E-state index >= 15 is 0 Å². The molecule has 0 aliphatic heterocycles. The van der Waals surface area contributed by atoms with E-state index in [2.05, 4.69) is 13.8 Å². The molecule has 1 aliphatic carbocycles. The summed E-state index contributed by atoms with van der Waals surface area (Å²) in [6.07, 6.45) is 0.889. The van der Waals surface area contributed by atoms with Crippen molar-refractivity contribution in [1.29, 1.82) is 0 Å². The van der Waals surface area contributed by atoms with Gasteiger partial charge in [0.1, 0.15) is 5.82 Å². The quantitative estimate of drug-likeness (QED) is 0.861. The topological polar surface area (TPSA) is 20.2 Å². The van der Waals surface area contributed by atoms with Crippen LogP contribution in [0.5, 0.6) is 0 Å². The second-order valence-electron chi connectivity index (χ2n) is 5.28. The first-order valence-electron chi connectivity index (χ1n) is 5.53. The van der Waals surface area contributed by atoms with Crippen molar-refractivity contribution in [3.8, 4) is 0 Å². The van der Waals surface area contributed by atoms with Crippen molar-refractivity contribution in [3.63, 3.8) is 0 Å². The lowest BCUT2D eigenvalue weighted by atomic mass is 9.99. The molecule has 16 heavy (non-hydrogen) atoms. The van der Waals surface area contributed by atoms with Gasteiger partial charge < -0.3 is 5.11 Å². The van der Waals surface area contributed by atoms with Crippen molar-refractivity contribution in [3.05, 3.63) is 34.6 Å². The Labute approximate surface area is 100 Å². The van der Waals surface area contributed by atoms with Crippen LogP contribution in [0.4, 0.5) is 4.39 Å². The van der Waals surface area contributed by atoms with E-state index in [1.54, 1.807) is 12.1 Å². The average molecular weight is 243 g/mol. The summed E-state index contributed by atoms with van der Waals surface area (Å²) in [7, 11) is 0. The average Bonchev–Trinajstić information content (AvgIpc) is 2.83. The molecule has 1 N–H and O–H groups in total. The first kappa shape index (κ1) is 11.9. The number of halogens is 2. The Kier molecular flexibility index (Phi) is 2.97. The Bertz CT molecular complexity index is 403. The van der Waals surface area contributed by atoms with Crippen LogP contribution in [0.1, 0.15) is 25.8 Å². The van der Waals surface area contributed by atoms with Crippen molar-refractivity contribution >= 4 is 11.6 Å². The van der Waals surface area contributed by atoms with Gasteiger partial charge in [-0.1, -0.05) is 37.6 Å². The molecule has 1 saturated carbocycles. The molecule has 1 aliphatic rings. The number of aliphatic hydroxyl groups is 1. The number of aliphatic hydroxyl groups excluding tert-OH is 1. The molecular formula is C13H16ClFO. The van der Waals surface area contributed by atoms with Gasteiger partial charge in [0.15, 0.2) is 0 Å². The van der Waals surface area contributed by atoms with Gasteiger partial charge in [-0.15, -0.1) is 0 Å². The molecule has 0 aromatic heterocycles. The maximum Gasteiger partial charge on any atom is 0.145 e. The molecule has 1 aromatic carbocycles. The molecule has 0 saturated heterocycles. The summed E-state index contributed by atoms with van der Waals surface area (Å²) in [5, 5.41) is 10.1. The first-order chi connectivity index (χ1) is 7.42. The van der Waals surface area contributed by atoms with Crippen LogP contribution in [-0.2, 0) is 6.42 Å². The zero-order valence-corrected chi connectivity index (χ0v) is 10.3. The molecule has 2 unspecified atom stereocenters. The van der Waals surface area contributed by atoms with Gasteiger partial charge >= 0.3 is 0 Å². The van der Waals surface area contributed by atoms with Gasteiger partial charge in [-0.25, -0.2) is 4.39 Å². The molecule has 0 bridgehead atoms. The van der Waals surface area contributed by atoms with Gasteiger partial charge in [0.05, 0.1) is 11.1 Å². The van der Waals surface area contributed by atoms with Crippen LogP contribution in [0.3, 0.4) is 0 Å². The van der Waals surface area contributed by atoms with E-state index in [4.69, 9.17) is 11.6 Å². The minimum absolute atomic E-state index is 0.125. The van der Waals surface area contributed by atoms with Crippen molar-refractivity contribution in [2.24, 2.45) is 11.3 Å². The fourth-order valence-electron chi connectivity index (χ4n) is 2.24. The molecule has 88 valence electrons. The van der Waals surface area contributed by atoms with Gasteiger partial charge in [-0.2, -0.15) is 0 Å². The molecule has 0 heterocycles. The molecule has 1 fully saturated rings. The second-order valence-corrected chi connectivity index (χ2v) is 5.69. The summed E-state index contributed by atoms with van der Waals surface area (Å²) in [5.41, 5.74) is 0.705. The highest BCUT2D eigenvalue weighted by atomic mass is 35.5. The highest BCUT2D eigenvalue weighted by Gasteiger charge is 2.49. The monoisotopic (exact) mass is 242 g/mol. The van der Waals surface area contributed by atoms with E-state index in [0.29, 0.717) is 12.0 Å². The standard InChI is InChI=1S/C13H16ClFO/c1-13(2)7-9(13)11(16)6-8-4-3-5-10(14)12(8)15/h3-5,9,11,16H,6-7H2,1-2H3. The van der Waals surface area contributed by atoms with Crippen LogP contribution < -0.4 is 0 Å². The highest BCUT2D eigenvalue weighted by Crippen LogP contribution is 2.54. The predicted molar refractivity (Wildman–Crippen MR) is 63.0 cm³/mol. The van der Waals surface area contributed by atoms with Gasteiger partial charge in [0, 0.05) is 6.42 Å². The van der Waals surface area contributed by atoms with Crippen LogP contribution in [0.2, 0.25) is 5.02 Å². The van der Waals surface area contributed by atoms with Gasteiger partial charge in [-0.05, 0) is 29.4 Å². The maximum absolute atomic E-state index is 13.6. The Balaban J connectivity index is 2.07. The molecule has 1 nitrogen and oxygen atoms in total. The van der Waals surface area contributed by atoms with E-state index < -0.39 is 11.9 Å². The van der Waals surface area contributed by atoms with Crippen molar-refractivity contribution < 1.29 is 9.50 Å². The molecule has 2 rings (SSSR count). The lowest BCUT2D eigenvalue weighted by molar-refractivity contribution is 0.136. The van der Waals surface area contributed by atoms with E-state index in [9.17, 15) is 9.50 Å². The predicted octanol–water partition coefficient (Wildman–Crippen LogP) is 3.43. The van der Waals surface area contributed by atoms with E-state index in [0.717, 1.165) is 6.42 Å². The van der Waals surface area contributed by atoms with Crippen molar-refractivity contribution in [1.82, 2.24) is 0 Å². The maximum atomic E-state index is 13.6. The van der Waals surface area contributed by atoms with Crippen LogP contribution in [0, 0.1) is 17.2 Å². The van der Waals surface area contributed by atoms with Crippen molar-refractivity contribution in [2.45, 2.75) is 32.8 Å². The molecule has 3 heteroatoms. The Morgan fingerprint density at radius 3 is 2.75 bits per heavy atom. The van der Waals surface area contributed by atoms with Crippen LogP contribution >= 0.6 is 11.6 Å². The molecular weight excluding hydrogens is 227 g/mol. The second kappa shape index (κ2) is 4.01. The lowest BCUT2D eigenvalue weighted by Gasteiger charge is -2.13. The first-order valence-corrected chi connectivity index (χ1v) is 5.90. The third-order valence-electron chi connectivity index (χ3n) is 3.51.